The second kappa shape index (κ2) is 10.8. The minimum absolute atomic E-state index is 0. The van der Waals surface area contributed by atoms with Crippen LogP contribution in [0.15, 0.2) is 41.9 Å². The van der Waals surface area contributed by atoms with Crippen molar-refractivity contribution in [1.29, 1.82) is 0 Å². The van der Waals surface area contributed by atoms with E-state index in [1.54, 1.807) is 18.1 Å². The molecule has 0 radical (unpaired) electrons. The lowest BCUT2D eigenvalue weighted by molar-refractivity contribution is -0.143. The number of benzene rings is 1. The number of hydrogen-bond donors (Lipinski definition) is 2. The third-order valence-corrected chi connectivity index (χ3v) is 4.50. The van der Waals surface area contributed by atoms with Gasteiger partial charge < -0.3 is 10.6 Å². The van der Waals surface area contributed by atoms with Crippen molar-refractivity contribution in [2.45, 2.75) is 31.7 Å². The number of guanidine groups is 1. The third-order valence-electron chi connectivity index (χ3n) is 4.50. The maximum atomic E-state index is 12.5. The molecule has 1 saturated heterocycles. The van der Waals surface area contributed by atoms with Gasteiger partial charge in [0.25, 0.3) is 0 Å². The van der Waals surface area contributed by atoms with Crippen LogP contribution in [0.5, 0.6) is 0 Å². The maximum absolute atomic E-state index is 12.5. The van der Waals surface area contributed by atoms with Gasteiger partial charge in [-0.05, 0) is 17.5 Å². The van der Waals surface area contributed by atoms with Gasteiger partial charge in [0.15, 0.2) is 5.96 Å². The van der Waals surface area contributed by atoms with Crippen molar-refractivity contribution >= 4 is 29.9 Å². The van der Waals surface area contributed by atoms with Gasteiger partial charge in [0.2, 0.25) is 0 Å². The van der Waals surface area contributed by atoms with E-state index in [2.05, 4.69) is 31.8 Å². The molecule has 1 aliphatic heterocycles. The fourth-order valence-corrected chi connectivity index (χ4v) is 3.26. The first-order chi connectivity index (χ1) is 13.4. The number of nitrogens with one attached hydrogen (secondary N) is 2. The van der Waals surface area contributed by atoms with E-state index in [1.807, 2.05) is 18.2 Å². The topological polar surface area (TPSA) is 70.4 Å². The van der Waals surface area contributed by atoms with Gasteiger partial charge in [0, 0.05) is 32.7 Å². The highest BCUT2D eigenvalue weighted by atomic mass is 127. The molecule has 1 aromatic carbocycles. The largest absolute Gasteiger partial charge is 0.401 e. The van der Waals surface area contributed by atoms with Crippen molar-refractivity contribution in [2.24, 2.45) is 4.99 Å². The summed E-state index contributed by atoms with van der Waals surface area (Å²) >= 11 is 0. The molecule has 2 N–H and O–H groups in total. The summed E-state index contributed by atoms with van der Waals surface area (Å²) in [5, 5.41) is 10.5. The Bertz CT molecular complexity index is 780. The molecule has 1 aliphatic rings. The Hall–Kier alpha value is -1.89. The second-order valence-electron chi connectivity index (χ2n) is 6.82. The number of alkyl halides is 3. The highest BCUT2D eigenvalue weighted by molar-refractivity contribution is 14.0. The average molecular weight is 523 g/mol. The summed E-state index contributed by atoms with van der Waals surface area (Å²) in [6.45, 7) is 1.11. The predicted octanol–water partition coefficient (Wildman–Crippen LogP) is 2.25. The summed E-state index contributed by atoms with van der Waals surface area (Å²) in [7, 11) is 1.65. The molecular formula is C18H25F3IN7. The SMILES string of the molecule is CN=C(NCc1cccc(Cn2cncn2)c1)NC1CCN(CC(F)(F)F)C1.I. The Balaban J connectivity index is 0.00000300. The molecule has 1 fully saturated rings. The molecule has 160 valence electrons. The van der Waals surface area contributed by atoms with Gasteiger partial charge in [-0.15, -0.1) is 24.0 Å². The van der Waals surface area contributed by atoms with Crippen LogP contribution in [0.2, 0.25) is 0 Å². The number of aliphatic imine (C=N–C) groups is 1. The van der Waals surface area contributed by atoms with Crippen LogP contribution >= 0.6 is 24.0 Å². The second-order valence-corrected chi connectivity index (χ2v) is 6.82. The summed E-state index contributed by atoms with van der Waals surface area (Å²) in [6.07, 6.45) is -0.337. The van der Waals surface area contributed by atoms with Crippen LogP contribution in [-0.4, -0.2) is 64.5 Å². The smallest absolute Gasteiger partial charge is 0.352 e. The molecule has 2 aromatic rings. The first-order valence-electron chi connectivity index (χ1n) is 9.08. The fraction of sp³-hybridized carbons (Fsp3) is 0.500. The number of nitrogens with zero attached hydrogens (tertiary/aromatic N) is 5. The molecule has 11 heteroatoms. The lowest BCUT2D eigenvalue weighted by Crippen LogP contribution is -2.44. The molecule has 1 aromatic heterocycles. The fourth-order valence-electron chi connectivity index (χ4n) is 3.26. The molecule has 0 aliphatic carbocycles. The van der Waals surface area contributed by atoms with Crippen LogP contribution < -0.4 is 10.6 Å². The standard InChI is InChI=1S/C18H24F3N7.HI/c1-22-17(26-16-5-6-27(10-16)11-18(19,20)21)24-8-14-3-2-4-15(7-14)9-28-13-23-12-25-28;/h2-4,7,12-13,16H,5-6,8-11H2,1H3,(H2,22,24,26);1H. The molecule has 0 spiro atoms. The van der Waals surface area contributed by atoms with Crippen molar-refractivity contribution in [3.8, 4) is 0 Å². The van der Waals surface area contributed by atoms with Crippen molar-refractivity contribution in [3.63, 3.8) is 0 Å². The minimum Gasteiger partial charge on any atom is -0.352 e. The van der Waals surface area contributed by atoms with Crippen LogP contribution in [-0.2, 0) is 13.1 Å². The molecule has 1 unspecified atom stereocenters. The molecule has 7 nitrogen and oxygen atoms in total. The highest BCUT2D eigenvalue weighted by Crippen LogP contribution is 2.19. The van der Waals surface area contributed by atoms with Gasteiger partial charge >= 0.3 is 6.18 Å². The van der Waals surface area contributed by atoms with Crippen LogP contribution in [0.25, 0.3) is 0 Å². The number of likely N-dealkylation sites (tertiary alicyclic amines) is 1. The number of aromatic nitrogens is 3. The normalized spacial score (nSPS) is 17.8. The number of hydrogen-bond acceptors (Lipinski definition) is 4. The maximum Gasteiger partial charge on any atom is 0.401 e. The van der Waals surface area contributed by atoms with Gasteiger partial charge in [-0.25, -0.2) is 9.67 Å². The lowest BCUT2D eigenvalue weighted by atomic mass is 10.1. The van der Waals surface area contributed by atoms with Gasteiger partial charge in [0.1, 0.15) is 12.7 Å². The Kier molecular flexibility index (Phi) is 8.68. The Morgan fingerprint density at radius 3 is 2.79 bits per heavy atom. The zero-order valence-electron chi connectivity index (χ0n) is 16.1. The van der Waals surface area contributed by atoms with E-state index < -0.39 is 12.7 Å². The van der Waals surface area contributed by atoms with Crippen molar-refractivity contribution in [2.75, 3.05) is 26.7 Å². The van der Waals surface area contributed by atoms with Crippen LogP contribution in [0.4, 0.5) is 13.2 Å². The zero-order valence-corrected chi connectivity index (χ0v) is 18.4. The average Bonchev–Trinajstić information content (AvgIpc) is 3.29. The molecule has 0 amide bonds. The van der Waals surface area contributed by atoms with E-state index in [9.17, 15) is 13.2 Å². The number of halogens is 4. The monoisotopic (exact) mass is 523 g/mol. The van der Waals surface area contributed by atoms with Crippen LogP contribution in [0.1, 0.15) is 17.5 Å². The number of rotatable bonds is 6. The van der Waals surface area contributed by atoms with E-state index in [4.69, 9.17) is 0 Å². The van der Waals surface area contributed by atoms with Crippen LogP contribution in [0, 0.1) is 0 Å². The summed E-state index contributed by atoms with van der Waals surface area (Å²) < 4.78 is 39.3. The van der Waals surface area contributed by atoms with Crippen LogP contribution in [0.3, 0.4) is 0 Å². The van der Waals surface area contributed by atoms with E-state index in [0.29, 0.717) is 38.6 Å². The summed E-state index contributed by atoms with van der Waals surface area (Å²) in [6, 6.07) is 8.03. The first-order valence-corrected chi connectivity index (χ1v) is 9.08. The minimum atomic E-state index is -4.16. The molecule has 0 saturated carbocycles. The van der Waals surface area contributed by atoms with Gasteiger partial charge in [-0.3, -0.25) is 9.89 Å². The Morgan fingerprint density at radius 2 is 2.10 bits per heavy atom. The van der Waals surface area contributed by atoms with E-state index in [1.165, 1.54) is 11.2 Å². The summed E-state index contributed by atoms with van der Waals surface area (Å²) in [4.78, 5) is 9.53. The molecule has 29 heavy (non-hydrogen) atoms. The van der Waals surface area contributed by atoms with E-state index >= 15 is 0 Å². The first kappa shape index (κ1) is 23.4. The molecular weight excluding hydrogens is 498 g/mol. The quantitative estimate of drug-likeness (QED) is 0.346. The summed E-state index contributed by atoms with van der Waals surface area (Å²) in [5.74, 6) is 0.584. The molecule has 2 heterocycles. The molecule has 3 rings (SSSR count). The lowest BCUT2D eigenvalue weighted by Gasteiger charge is -2.20. The zero-order chi connectivity index (χ0) is 20.0. The van der Waals surface area contributed by atoms with Gasteiger partial charge in [-0.2, -0.15) is 18.3 Å². The predicted molar refractivity (Wildman–Crippen MR) is 115 cm³/mol. The highest BCUT2D eigenvalue weighted by Gasteiger charge is 2.34. The van der Waals surface area contributed by atoms with E-state index in [-0.39, 0.29) is 30.0 Å². The van der Waals surface area contributed by atoms with Crippen molar-refractivity contribution in [1.82, 2.24) is 30.3 Å². The van der Waals surface area contributed by atoms with Crippen molar-refractivity contribution in [3.05, 3.63) is 48.0 Å². The van der Waals surface area contributed by atoms with E-state index in [0.717, 1.165) is 11.1 Å². The van der Waals surface area contributed by atoms with Crippen molar-refractivity contribution < 1.29 is 13.2 Å². The van der Waals surface area contributed by atoms with Gasteiger partial charge in [0.05, 0.1) is 13.1 Å². The third kappa shape index (κ3) is 7.80. The molecule has 0 bridgehead atoms. The Labute approximate surface area is 184 Å². The summed E-state index contributed by atoms with van der Waals surface area (Å²) in [5.41, 5.74) is 2.18. The molecule has 1 atom stereocenters. The Morgan fingerprint density at radius 1 is 1.31 bits per heavy atom. The van der Waals surface area contributed by atoms with Gasteiger partial charge in [-0.1, -0.05) is 24.3 Å².